The van der Waals surface area contributed by atoms with Gasteiger partial charge in [0.15, 0.2) is 11.6 Å². The number of fused-ring (bicyclic) bond motifs is 1. The summed E-state index contributed by atoms with van der Waals surface area (Å²) in [5.41, 5.74) is 3.78. The molecule has 1 N–H and O–H groups in total. The second-order valence-corrected chi connectivity index (χ2v) is 9.37. The lowest BCUT2D eigenvalue weighted by atomic mass is 10.0. The predicted octanol–water partition coefficient (Wildman–Crippen LogP) is 3.35. The first-order valence-corrected chi connectivity index (χ1v) is 12.2. The van der Waals surface area contributed by atoms with Crippen molar-refractivity contribution in [2.45, 2.75) is 31.7 Å². The number of likely N-dealkylation sites (N-methyl/N-ethyl adjacent to an activating group) is 1. The van der Waals surface area contributed by atoms with Gasteiger partial charge in [-0.3, -0.25) is 19.4 Å². The molecule has 0 aromatic carbocycles. The zero-order chi connectivity index (χ0) is 23.9. The SMILES string of the molecule is CCN1CC[C@@H]1COc1cnn(C)c1-c1ccn2nc(NC(=O)[C@@H]3C[C@@H]3c3ccccn3)cc2c1. The molecule has 2 aliphatic rings. The Labute approximate surface area is 203 Å². The molecule has 2 fully saturated rings. The summed E-state index contributed by atoms with van der Waals surface area (Å²) in [6, 6.07) is 12.2. The second kappa shape index (κ2) is 8.81. The van der Waals surface area contributed by atoms with Crippen molar-refractivity contribution >= 4 is 17.2 Å². The number of likely N-dealkylation sites (tertiary alicyclic amines) is 1. The first-order valence-electron chi connectivity index (χ1n) is 12.2. The second-order valence-electron chi connectivity index (χ2n) is 9.37. The molecule has 0 unspecified atom stereocenters. The maximum Gasteiger partial charge on any atom is 0.229 e. The number of carbonyl (C=O) groups excluding carboxylic acids is 1. The van der Waals surface area contributed by atoms with E-state index in [2.05, 4.69) is 32.3 Å². The maximum atomic E-state index is 12.8. The van der Waals surface area contributed by atoms with Crippen LogP contribution in [0.2, 0.25) is 0 Å². The van der Waals surface area contributed by atoms with Crippen LogP contribution in [0.15, 0.2) is 55.0 Å². The summed E-state index contributed by atoms with van der Waals surface area (Å²) in [6.45, 7) is 5.04. The number of hydrogen-bond donors (Lipinski definition) is 1. The number of carbonyl (C=O) groups is 1. The third kappa shape index (κ3) is 4.16. The molecule has 1 amide bonds. The summed E-state index contributed by atoms with van der Waals surface area (Å²) in [6.07, 6.45) is 7.44. The van der Waals surface area contributed by atoms with Gasteiger partial charge >= 0.3 is 0 Å². The average Bonchev–Trinajstić information content (AvgIpc) is 3.43. The van der Waals surface area contributed by atoms with E-state index in [9.17, 15) is 4.79 Å². The molecule has 9 heteroatoms. The molecule has 3 atom stereocenters. The maximum absolute atomic E-state index is 12.8. The zero-order valence-corrected chi connectivity index (χ0v) is 20.0. The van der Waals surface area contributed by atoms with Crippen LogP contribution in [0.1, 0.15) is 31.4 Å². The highest BCUT2D eigenvalue weighted by atomic mass is 16.5. The first kappa shape index (κ1) is 21.8. The highest BCUT2D eigenvalue weighted by molar-refractivity contribution is 5.95. The lowest BCUT2D eigenvalue weighted by molar-refractivity contribution is -0.117. The summed E-state index contributed by atoms with van der Waals surface area (Å²) in [5, 5.41) is 11.9. The van der Waals surface area contributed by atoms with Gasteiger partial charge in [0.2, 0.25) is 5.91 Å². The Balaban J connectivity index is 1.16. The Bertz CT molecular complexity index is 1360. The average molecular weight is 472 g/mol. The molecule has 4 aromatic rings. The number of rotatable bonds is 8. The Morgan fingerprint density at radius 1 is 1.26 bits per heavy atom. The number of nitrogens with zero attached hydrogens (tertiary/aromatic N) is 6. The van der Waals surface area contributed by atoms with E-state index >= 15 is 0 Å². The van der Waals surface area contributed by atoms with E-state index in [1.807, 2.05) is 54.3 Å². The fourth-order valence-corrected chi connectivity index (χ4v) is 4.97. The van der Waals surface area contributed by atoms with Gasteiger partial charge in [-0.25, -0.2) is 4.52 Å². The third-order valence-electron chi connectivity index (χ3n) is 7.19. The minimum atomic E-state index is -0.0567. The van der Waals surface area contributed by atoms with Gasteiger partial charge in [-0.05, 0) is 43.7 Å². The molecule has 4 aromatic heterocycles. The topological polar surface area (TPSA) is 89.6 Å². The minimum Gasteiger partial charge on any atom is -0.488 e. The predicted molar refractivity (Wildman–Crippen MR) is 132 cm³/mol. The molecule has 1 saturated carbocycles. The van der Waals surface area contributed by atoms with Gasteiger partial charge in [0.05, 0.1) is 11.7 Å². The number of aryl methyl sites for hydroxylation is 1. The van der Waals surface area contributed by atoms with Gasteiger partial charge in [0.25, 0.3) is 0 Å². The molecule has 0 bridgehead atoms. The van der Waals surface area contributed by atoms with Crippen LogP contribution in [0, 0.1) is 5.92 Å². The number of ether oxygens (including phenoxy) is 1. The van der Waals surface area contributed by atoms with Gasteiger partial charge in [0, 0.05) is 61.2 Å². The van der Waals surface area contributed by atoms with Gasteiger partial charge in [0.1, 0.15) is 12.3 Å². The quantitative estimate of drug-likeness (QED) is 0.424. The molecule has 1 saturated heterocycles. The van der Waals surface area contributed by atoms with E-state index in [4.69, 9.17) is 4.74 Å². The van der Waals surface area contributed by atoms with E-state index in [-0.39, 0.29) is 17.7 Å². The van der Waals surface area contributed by atoms with E-state index in [0.717, 1.165) is 47.7 Å². The Kier molecular flexibility index (Phi) is 5.49. The minimum absolute atomic E-state index is 0.0104. The number of aromatic nitrogens is 5. The molecule has 9 nitrogen and oxygen atoms in total. The number of nitrogens with one attached hydrogen (secondary N) is 1. The van der Waals surface area contributed by atoms with Crippen molar-refractivity contribution in [3.05, 3.63) is 60.7 Å². The summed E-state index contributed by atoms with van der Waals surface area (Å²) in [5.74, 6) is 1.45. The molecule has 1 aliphatic carbocycles. The molecule has 5 heterocycles. The van der Waals surface area contributed by atoms with Gasteiger partial charge in [-0.15, -0.1) is 0 Å². The first-order chi connectivity index (χ1) is 17.1. The monoisotopic (exact) mass is 471 g/mol. The molecule has 35 heavy (non-hydrogen) atoms. The smallest absolute Gasteiger partial charge is 0.229 e. The number of pyridine rings is 2. The van der Waals surface area contributed by atoms with Crippen LogP contribution in [0.25, 0.3) is 16.8 Å². The lowest BCUT2D eigenvalue weighted by Crippen LogP contribution is -2.50. The highest BCUT2D eigenvalue weighted by Gasteiger charge is 2.45. The highest BCUT2D eigenvalue weighted by Crippen LogP contribution is 2.47. The molecular weight excluding hydrogens is 442 g/mol. The summed E-state index contributed by atoms with van der Waals surface area (Å²) in [4.78, 5) is 19.6. The lowest BCUT2D eigenvalue weighted by Gasteiger charge is -2.39. The Hall–Kier alpha value is -3.72. The summed E-state index contributed by atoms with van der Waals surface area (Å²) < 4.78 is 9.80. The van der Waals surface area contributed by atoms with Crippen molar-refractivity contribution in [1.29, 1.82) is 0 Å². The van der Waals surface area contributed by atoms with Crippen molar-refractivity contribution in [2.24, 2.45) is 13.0 Å². The van der Waals surface area contributed by atoms with Gasteiger partial charge < -0.3 is 10.1 Å². The Morgan fingerprint density at radius 2 is 2.17 bits per heavy atom. The normalized spacial score (nSPS) is 21.6. The molecule has 1 aliphatic heterocycles. The largest absolute Gasteiger partial charge is 0.488 e. The standard InChI is InChI=1S/C26H29N7O2/c1-3-32-10-8-18(32)16-35-23-15-28-31(2)25(23)17-7-11-33-19(12-17)13-24(30-33)29-26(34)21-14-20(21)22-6-4-5-9-27-22/h4-7,9,11-13,15,18,20-21H,3,8,10,14,16H2,1-2H3,(H,29,30,34)/t18-,20+,21-/m1/s1. The van der Waals surface area contributed by atoms with Crippen LogP contribution in [0.5, 0.6) is 5.75 Å². The van der Waals surface area contributed by atoms with E-state index in [0.29, 0.717) is 18.5 Å². The van der Waals surface area contributed by atoms with Crippen LogP contribution in [-0.4, -0.2) is 60.9 Å². The zero-order valence-electron chi connectivity index (χ0n) is 20.0. The van der Waals surface area contributed by atoms with Crippen molar-refractivity contribution in [3.8, 4) is 17.0 Å². The Morgan fingerprint density at radius 3 is 2.94 bits per heavy atom. The molecular formula is C26H29N7O2. The molecule has 0 radical (unpaired) electrons. The van der Waals surface area contributed by atoms with Crippen molar-refractivity contribution in [2.75, 3.05) is 25.0 Å². The van der Waals surface area contributed by atoms with Crippen LogP contribution in [0.4, 0.5) is 5.82 Å². The number of amides is 1. The van der Waals surface area contributed by atoms with Crippen LogP contribution >= 0.6 is 0 Å². The van der Waals surface area contributed by atoms with Crippen molar-refractivity contribution < 1.29 is 9.53 Å². The fraction of sp³-hybridized carbons (Fsp3) is 0.385. The van der Waals surface area contributed by atoms with Crippen LogP contribution < -0.4 is 10.1 Å². The van der Waals surface area contributed by atoms with Crippen molar-refractivity contribution in [1.82, 2.24) is 29.3 Å². The van der Waals surface area contributed by atoms with Crippen LogP contribution in [-0.2, 0) is 11.8 Å². The van der Waals surface area contributed by atoms with E-state index in [1.165, 1.54) is 6.42 Å². The van der Waals surface area contributed by atoms with Gasteiger partial charge in [-0.2, -0.15) is 10.2 Å². The van der Waals surface area contributed by atoms with E-state index in [1.54, 1.807) is 16.9 Å². The third-order valence-corrected chi connectivity index (χ3v) is 7.19. The summed E-state index contributed by atoms with van der Waals surface area (Å²) >= 11 is 0. The summed E-state index contributed by atoms with van der Waals surface area (Å²) in [7, 11) is 1.92. The van der Waals surface area contributed by atoms with Gasteiger partial charge in [-0.1, -0.05) is 13.0 Å². The number of hydrogen-bond acceptors (Lipinski definition) is 6. The van der Waals surface area contributed by atoms with E-state index < -0.39 is 0 Å². The van der Waals surface area contributed by atoms with Crippen molar-refractivity contribution in [3.63, 3.8) is 0 Å². The molecule has 6 rings (SSSR count). The fourth-order valence-electron chi connectivity index (χ4n) is 4.97. The van der Waals surface area contributed by atoms with Crippen LogP contribution in [0.3, 0.4) is 0 Å². The molecule has 0 spiro atoms. The number of anilines is 1. The molecule has 180 valence electrons.